The summed E-state index contributed by atoms with van der Waals surface area (Å²) in [6, 6.07) is 1.51. The number of hydrogen-bond donors (Lipinski definition) is 2. The van der Waals surface area contributed by atoms with E-state index >= 15 is 0 Å². The number of aromatic nitrogens is 2. The molecule has 0 amide bonds. The van der Waals surface area contributed by atoms with Crippen molar-refractivity contribution in [3.63, 3.8) is 0 Å². The van der Waals surface area contributed by atoms with Gasteiger partial charge in [0.25, 0.3) is 0 Å². The zero-order valence-corrected chi connectivity index (χ0v) is 13.2. The van der Waals surface area contributed by atoms with E-state index in [9.17, 15) is 13.2 Å². The molecule has 0 saturated carbocycles. The van der Waals surface area contributed by atoms with Gasteiger partial charge in [0.2, 0.25) is 5.82 Å². The molecule has 0 spiro atoms. The fourth-order valence-corrected chi connectivity index (χ4v) is 4.42. The Bertz CT molecular complexity index is 464. The molecule has 0 bridgehead atoms. The highest BCUT2D eigenvalue weighted by Gasteiger charge is 2.35. The van der Waals surface area contributed by atoms with Gasteiger partial charge < -0.3 is 10.6 Å². The van der Waals surface area contributed by atoms with Crippen molar-refractivity contribution in [2.24, 2.45) is 0 Å². The zero-order chi connectivity index (χ0) is 15.3. The van der Waals surface area contributed by atoms with Crippen molar-refractivity contribution in [2.75, 3.05) is 41.0 Å². The van der Waals surface area contributed by atoms with Crippen LogP contribution in [0.5, 0.6) is 0 Å². The van der Waals surface area contributed by atoms with Gasteiger partial charge >= 0.3 is 6.18 Å². The summed E-state index contributed by atoms with van der Waals surface area (Å²) >= 11 is 3.71. The van der Waals surface area contributed by atoms with Crippen molar-refractivity contribution in [3.8, 4) is 0 Å². The van der Waals surface area contributed by atoms with Gasteiger partial charge in [0.15, 0.2) is 0 Å². The van der Waals surface area contributed by atoms with Gasteiger partial charge in [0.1, 0.15) is 11.6 Å². The van der Waals surface area contributed by atoms with Gasteiger partial charge in [-0.05, 0) is 6.92 Å². The molecule has 1 aromatic rings. The normalized spacial score (nSPS) is 19.3. The van der Waals surface area contributed by atoms with E-state index in [1.807, 2.05) is 23.5 Å². The molecule has 0 aromatic carbocycles. The van der Waals surface area contributed by atoms with Gasteiger partial charge in [0.05, 0.1) is 0 Å². The van der Waals surface area contributed by atoms with Gasteiger partial charge in [-0.2, -0.15) is 36.7 Å². The van der Waals surface area contributed by atoms with Crippen LogP contribution in [0.1, 0.15) is 12.7 Å². The van der Waals surface area contributed by atoms with Gasteiger partial charge in [-0.15, -0.1) is 0 Å². The quantitative estimate of drug-likeness (QED) is 0.860. The predicted octanol–water partition coefficient (Wildman–Crippen LogP) is 3.19. The average Bonchev–Trinajstić information content (AvgIpc) is 2.45. The van der Waals surface area contributed by atoms with Crippen LogP contribution in [0.3, 0.4) is 0 Å². The minimum Gasteiger partial charge on any atom is -0.370 e. The summed E-state index contributed by atoms with van der Waals surface area (Å²) < 4.78 is 38.4. The molecular weight excluding hydrogens is 321 g/mol. The maximum atomic E-state index is 12.8. The summed E-state index contributed by atoms with van der Waals surface area (Å²) in [6.45, 7) is 2.92. The third kappa shape index (κ3) is 5.14. The van der Waals surface area contributed by atoms with E-state index in [-0.39, 0.29) is 11.6 Å². The third-order valence-electron chi connectivity index (χ3n) is 2.73. The molecular formula is C12H17F3N4S2. The van der Waals surface area contributed by atoms with Crippen LogP contribution in [-0.4, -0.2) is 45.6 Å². The summed E-state index contributed by atoms with van der Waals surface area (Å²) in [5, 5.41) is 6.20. The van der Waals surface area contributed by atoms with E-state index in [1.165, 1.54) is 6.07 Å². The van der Waals surface area contributed by atoms with Crippen LogP contribution in [-0.2, 0) is 6.18 Å². The number of hydrogen-bond acceptors (Lipinski definition) is 6. The number of halogens is 3. The molecule has 118 valence electrons. The van der Waals surface area contributed by atoms with Crippen LogP contribution in [0.25, 0.3) is 0 Å². The number of nitrogens with one attached hydrogen (secondary N) is 2. The molecule has 21 heavy (non-hydrogen) atoms. The Morgan fingerprint density at radius 1 is 1.24 bits per heavy atom. The predicted molar refractivity (Wildman–Crippen MR) is 83.3 cm³/mol. The lowest BCUT2D eigenvalue weighted by Crippen LogP contribution is -2.24. The smallest absolute Gasteiger partial charge is 0.370 e. The number of nitrogens with zero attached hydrogens (tertiary/aromatic N) is 2. The second-order valence-corrected chi connectivity index (χ2v) is 7.00. The topological polar surface area (TPSA) is 49.8 Å². The Labute approximate surface area is 130 Å². The van der Waals surface area contributed by atoms with Gasteiger partial charge in [-0.25, -0.2) is 9.97 Å². The average molecular weight is 338 g/mol. The molecule has 1 atom stereocenters. The Morgan fingerprint density at radius 2 is 1.95 bits per heavy atom. The monoisotopic (exact) mass is 338 g/mol. The number of anilines is 2. The van der Waals surface area contributed by atoms with Crippen LogP contribution >= 0.6 is 23.5 Å². The molecule has 0 aliphatic carbocycles. The third-order valence-corrected chi connectivity index (χ3v) is 5.58. The van der Waals surface area contributed by atoms with Crippen molar-refractivity contribution < 1.29 is 13.2 Å². The molecule has 1 aliphatic rings. The first-order valence-electron chi connectivity index (χ1n) is 6.62. The maximum Gasteiger partial charge on any atom is 0.451 e. The van der Waals surface area contributed by atoms with Crippen molar-refractivity contribution in [1.82, 2.24) is 9.97 Å². The number of rotatable bonds is 5. The fourth-order valence-electron chi connectivity index (χ4n) is 1.81. The van der Waals surface area contributed by atoms with Crippen LogP contribution < -0.4 is 10.6 Å². The Morgan fingerprint density at radius 3 is 2.52 bits per heavy atom. The summed E-state index contributed by atoms with van der Waals surface area (Å²) in [5.41, 5.74) is 0. The molecule has 4 nitrogen and oxygen atoms in total. The van der Waals surface area contributed by atoms with Gasteiger partial charge in [0, 0.05) is 41.7 Å². The fraction of sp³-hybridized carbons (Fsp3) is 0.667. The van der Waals surface area contributed by atoms with Crippen molar-refractivity contribution in [1.29, 1.82) is 0 Å². The molecule has 1 saturated heterocycles. The molecule has 0 radical (unpaired) electrons. The molecule has 1 fully saturated rings. The first kappa shape index (κ1) is 16.5. The van der Waals surface area contributed by atoms with E-state index in [0.29, 0.717) is 18.3 Å². The van der Waals surface area contributed by atoms with Crippen LogP contribution in [0.15, 0.2) is 6.07 Å². The molecule has 9 heteroatoms. The van der Waals surface area contributed by atoms with Crippen LogP contribution in [0, 0.1) is 0 Å². The largest absolute Gasteiger partial charge is 0.451 e. The summed E-state index contributed by atoms with van der Waals surface area (Å²) in [7, 11) is 0. The summed E-state index contributed by atoms with van der Waals surface area (Å²) in [4.78, 5) is 7.06. The maximum absolute atomic E-state index is 12.8. The molecule has 1 aromatic heterocycles. The van der Waals surface area contributed by atoms with Gasteiger partial charge in [-0.1, -0.05) is 0 Å². The lowest BCUT2D eigenvalue weighted by Gasteiger charge is -2.21. The van der Waals surface area contributed by atoms with Crippen LogP contribution in [0.4, 0.5) is 24.8 Å². The summed E-state index contributed by atoms with van der Waals surface area (Å²) in [6.07, 6.45) is -4.54. The van der Waals surface area contributed by atoms with Crippen molar-refractivity contribution in [2.45, 2.75) is 18.3 Å². The molecule has 2 heterocycles. The second kappa shape index (κ2) is 7.44. The molecule has 1 unspecified atom stereocenters. The lowest BCUT2D eigenvalue weighted by molar-refractivity contribution is -0.144. The summed E-state index contributed by atoms with van der Waals surface area (Å²) in [5.74, 6) is 2.51. The Hall–Kier alpha value is -0.830. The zero-order valence-electron chi connectivity index (χ0n) is 11.5. The van der Waals surface area contributed by atoms with Crippen LogP contribution in [0.2, 0.25) is 0 Å². The highest BCUT2D eigenvalue weighted by Crippen LogP contribution is 2.29. The van der Waals surface area contributed by atoms with Crippen molar-refractivity contribution in [3.05, 3.63) is 11.9 Å². The standard InChI is InChI=1S/C12H17F3N4S2/c1-2-16-9-5-10(19-11(18-9)12(13,14)15)17-6-8-7-20-3-4-21-8/h5,8H,2-4,6-7H2,1H3,(H2,16,17,18,19). The molecule has 1 aliphatic heterocycles. The van der Waals surface area contributed by atoms with E-state index < -0.39 is 12.0 Å². The lowest BCUT2D eigenvalue weighted by atomic mass is 10.4. The SMILES string of the molecule is CCNc1cc(NCC2CSCCS2)nc(C(F)(F)F)n1. The second-order valence-electron chi connectivity index (χ2n) is 4.44. The van der Waals surface area contributed by atoms with E-state index in [1.54, 1.807) is 6.92 Å². The number of thioether (sulfide) groups is 2. The minimum absolute atomic E-state index is 0.188. The first-order chi connectivity index (χ1) is 9.99. The molecule has 2 N–H and O–H groups in total. The Balaban J connectivity index is 2.07. The number of alkyl halides is 3. The highest BCUT2D eigenvalue weighted by atomic mass is 32.2. The van der Waals surface area contributed by atoms with Crippen molar-refractivity contribution >= 4 is 35.2 Å². The Kier molecular flexibility index (Phi) is 5.86. The molecule has 2 rings (SSSR count). The van der Waals surface area contributed by atoms with Gasteiger partial charge in [-0.3, -0.25) is 0 Å². The minimum atomic E-state index is -4.54. The van der Waals surface area contributed by atoms with E-state index in [4.69, 9.17) is 0 Å². The van der Waals surface area contributed by atoms with E-state index in [2.05, 4.69) is 20.6 Å². The van der Waals surface area contributed by atoms with E-state index in [0.717, 1.165) is 17.3 Å². The highest BCUT2D eigenvalue weighted by molar-refractivity contribution is 8.06. The first-order valence-corrected chi connectivity index (χ1v) is 8.82.